The number of nitrogens with one attached hydrogen (secondary N) is 1. The Balaban J connectivity index is 2.05. The second-order valence-corrected chi connectivity index (χ2v) is 3.88. The Morgan fingerprint density at radius 1 is 1.29 bits per heavy atom. The molecule has 1 heterocycles. The summed E-state index contributed by atoms with van der Waals surface area (Å²) in [6.07, 6.45) is 1.64. The number of rotatable bonds is 3. The molecule has 0 fully saturated rings. The van der Waals surface area contributed by atoms with Crippen LogP contribution in [0.2, 0.25) is 0 Å². The fourth-order valence-electron chi connectivity index (χ4n) is 1.63. The molecule has 0 aliphatic heterocycles. The maximum Gasteiger partial charge on any atom is 0.142 e. The molecule has 3 heteroatoms. The zero-order chi connectivity index (χ0) is 12.1. The number of nitrogens with zero attached hydrogens (tertiary/aromatic N) is 2. The number of nitriles is 1. The predicted octanol–water partition coefficient (Wildman–Crippen LogP) is 2.87. The van der Waals surface area contributed by atoms with Gasteiger partial charge in [-0.15, -0.1) is 0 Å². The summed E-state index contributed by atoms with van der Waals surface area (Å²) in [4.78, 5) is 3.93. The number of benzene rings is 1. The van der Waals surface area contributed by atoms with Crippen LogP contribution in [0.3, 0.4) is 0 Å². The van der Waals surface area contributed by atoms with E-state index in [1.54, 1.807) is 12.3 Å². The van der Waals surface area contributed by atoms with E-state index in [9.17, 15) is 0 Å². The summed E-state index contributed by atoms with van der Waals surface area (Å²) < 4.78 is 0. The van der Waals surface area contributed by atoms with Crippen molar-refractivity contribution >= 4 is 5.69 Å². The first-order chi connectivity index (χ1) is 8.28. The first-order valence-corrected chi connectivity index (χ1v) is 5.43. The monoisotopic (exact) mass is 223 g/mol. The van der Waals surface area contributed by atoms with Crippen molar-refractivity contribution in [1.29, 1.82) is 5.26 Å². The molecule has 0 saturated carbocycles. The highest BCUT2D eigenvalue weighted by Gasteiger charge is 1.97. The Kier molecular flexibility index (Phi) is 3.37. The molecule has 3 nitrogen and oxygen atoms in total. The topological polar surface area (TPSA) is 48.7 Å². The van der Waals surface area contributed by atoms with E-state index in [0.29, 0.717) is 5.69 Å². The highest BCUT2D eigenvalue weighted by molar-refractivity contribution is 5.46. The molecule has 0 spiro atoms. The van der Waals surface area contributed by atoms with Crippen molar-refractivity contribution in [3.8, 4) is 6.07 Å². The summed E-state index contributed by atoms with van der Waals surface area (Å²) in [5.41, 5.74) is 3.81. The molecule has 0 amide bonds. The van der Waals surface area contributed by atoms with Gasteiger partial charge in [-0.1, -0.05) is 29.8 Å². The highest BCUT2D eigenvalue weighted by Crippen LogP contribution is 2.10. The average molecular weight is 223 g/mol. The molecular weight excluding hydrogens is 210 g/mol. The van der Waals surface area contributed by atoms with E-state index >= 15 is 0 Å². The van der Waals surface area contributed by atoms with Gasteiger partial charge in [0.2, 0.25) is 0 Å². The number of hydrogen-bond donors (Lipinski definition) is 1. The molecule has 0 saturated heterocycles. The van der Waals surface area contributed by atoms with Crippen LogP contribution in [0.4, 0.5) is 5.69 Å². The van der Waals surface area contributed by atoms with E-state index in [4.69, 9.17) is 5.26 Å². The third kappa shape index (κ3) is 3.05. The van der Waals surface area contributed by atoms with Gasteiger partial charge in [-0.05, 0) is 24.6 Å². The predicted molar refractivity (Wildman–Crippen MR) is 67.5 cm³/mol. The molecule has 0 aliphatic rings. The van der Waals surface area contributed by atoms with E-state index in [0.717, 1.165) is 12.2 Å². The summed E-state index contributed by atoms with van der Waals surface area (Å²) >= 11 is 0. The third-order valence-electron chi connectivity index (χ3n) is 2.45. The zero-order valence-electron chi connectivity index (χ0n) is 9.64. The Bertz CT molecular complexity index is 555. The van der Waals surface area contributed by atoms with Gasteiger partial charge < -0.3 is 5.32 Å². The Hall–Kier alpha value is -2.34. The number of anilines is 1. The summed E-state index contributed by atoms with van der Waals surface area (Å²) in [6, 6.07) is 14.0. The Labute approximate surface area is 101 Å². The summed E-state index contributed by atoms with van der Waals surface area (Å²) in [6.45, 7) is 2.82. The number of pyridine rings is 1. The largest absolute Gasteiger partial charge is 0.381 e. The molecular formula is C14H13N3. The van der Waals surface area contributed by atoms with Crippen LogP contribution in [0.15, 0.2) is 42.6 Å². The summed E-state index contributed by atoms with van der Waals surface area (Å²) in [7, 11) is 0. The summed E-state index contributed by atoms with van der Waals surface area (Å²) in [5, 5.41) is 12.0. The van der Waals surface area contributed by atoms with Gasteiger partial charge in [-0.3, -0.25) is 0 Å². The number of aromatic nitrogens is 1. The minimum absolute atomic E-state index is 0.430. The van der Waals surface area contributed by atoms with Gasteiger partial charge >= 0.3 is 0 Å². The van der Waals surface area contributed by atoms with Gasteiger partial charge in [-0.2, -0.15) is 5.26 Å². The molecule has 17 heavy (non-hydrogen) atoms. The molecule has 84 valence electrons. The molecule has 0 atom stereocenters. The smallest absolute Gasteiger partial charge is 0.142 e. The quantitative estimate of drug-likeness (QED) is 0.870. The molecule has 1 aromatic carbocycles. The molecule has 1 aromatic heterocycles. The third-order valence-corrected chi connectivity index (χ3v) is 2.45. The molecule has 0 bridgehead atoms. The van der Waals surface area contributed by atoms with Crippen molar-refractivity contribution in [2.75, 3.05) is 5.32 Å². The average Bonchev–Trinajstić information content (AvgIpc) is 2.37. The Morgan fingerprint density at radius 3 is 2.94 bits per heavy atom. The van der Waals surface area contributed by atoms with Crippen molar-refractivity contribution in [3.05, 3.63) is 59.4 Å². The second kappa shape index (κ2) is 5.13. The maximum absolute atomic E-state index is 8.74. The lowest BCUT2D eigenvalue weighted by Crippen LogP contribution is -2.00. The van der Waals surface area contributed by atoms with Crippen LogP contribution in [0.25, 0.3) is 0 Å². The van der Waals surface area contributed by atoms with Gasteiger partial charge in [0.1, 0.15) is 11.8 Å². The summed E-state index contributed by atoms with van der Waals surface area (Å²) in [5.74, 6) is 0. The molecule has 1 N–H and O–H groups in total. The normalized spacial score (nSPS) is 9.65. The highest BCUT2D eigenvalue weighted by atomic mass is 14.9. The Morgan fingerprint density at radius 2 is 2.18 bits per heavy atom. The molecule has 0 aliphatic carbocycles. The van der Waals surface area contributed by atoms with Crippen molar-refractivity contribution in [2.45, 2.75) is 13.5 Å². The minimum atomic E-state index is 0.430. The van der Waals surface area contributed by atoms with Crippen molar-refractivity contribution in [2.24, 2.45) is 0 Å². The number of hydrogen-bond acceptors (Lipinski definition) is 3. The van der Waals surface area contributed by atoms with Crippen molar-refractivity contribution in [1.82, 2.24) is 4.98 Å². The van der Waals surface area contributed by atoms with E-state index in [1.807, 2.05) is 18.2 Å². The van der Waals surface area contributed by atoms with Crippen LogP contribution < -0.4 is 5.32 Å². The van der Waals surface area contributed by atoms with Crippen LogP contribution in [0.1, 0.15) is 16.8 Å². The van der Waals surface area contributed by atoms with Gasteiger partial charge in [0.15, 0.2) is 0 Å². The molecule has 0 unspecified atom stereocenters. The first-order valence-electron chi connectivity index (χ1n) is 5.43. The zero-order valence-corrected chi connectivity index (χ0v) is 9.64. The van der Waals surface area contributed by atoms with Crippen LogP contribution in [-0.2, 0) is 6.54 Å². The van der Waals surface area contributed by atoms with Crippen LogP contribution >= 0.6 is 0 Å². The van der Waals surface area contributed by atoms with Crippen molar-refractivity contribution < 1.29 is 0 Å². The van der Waals surface area contributed by atoms with Crippen molar-refractivity contribution in [3.63, 3.8) is 0 Å². The molecule has 0 radical (unpaired) electrons. The standard InChI is InChI=1S/C14H13N3/c1-11-3-2-4-12(7-11)10-17-13-5-6-16-14(8-13)9-15/h2-8H,10H2,1H3,(H,16,17). The SMILES string of the molecule is Cc1cccc(CNc2ccnc(C#N)c2)c1. The van der Waals surface area contributed by atoms with E-state index in [2.05, 4.69) is 35.4 Å². The van der Waals surface area contributed by atoms with E-state index in [-0.39, 0.29) is 0 Å². The lowest BCUT2D eigenvalue weighted by atomic mass is 10.1. The van der Waals surface area contributed by atoms with E-state index < -0.39 is 0 Å². The fraction of sp³-hybridized carbons (Fsp3) is 0.143. The molecule has 2 rings (SSSR count). The van der Waals surface area contributed by atoms with Crippen LogP contribution in [-0.4, -0.2) is 4.98 Å². The van der Waals surface area contributed by atoms with Gasteiger partial charge in [-0.25, -0.2) is 4.98 Å². The number of aryl methyl sites for hydroxylation is 1. The maximum atomic E-state index is 8.74. The van der Waals surface area contributed by atoms with E-state index in [1.165, 1.54) is 11.1 Å². The van der Waals surface area contributed by atoms with Crippen LogP contribution in [0, 0.1) is 18.3 Å². The van der Waals surface area contributed by atoms with Gasteiger partial charge in [0.25, 0.3) is 0 Å². The van der Waals surface area contributed by atoms with Gasteiger partial charge in [0.05, 0.1) is 0 Å². The fourth-order valence-corrected chi connectivity index (χ4v) is 1.63. The lowest BCUT2D eigenvalue weighted by molar-refractivity contribution is 1.13. The molecule has 2 aromatic rings. The second-order valence-electron chi connectivity index (χ2n) is 3.88. The lowest BCUT2D eigenvalue weighted by Gasteiger charge is -2.06. The minimum Gasteiger partial charge on any atom is -0.381 e. The van der Waals surface area contributed by atoms with Gasteiger partial charge in [0, 0.05) is 18.4 Å². The first kappa shape index (κ1) is 11.2. The van der Waals surface area contributed by atoms with Crippen LogP contribution in [0.5, 0.6) is 0 Å².